The summed E-state index contributed by atoms with van der Waals surface area (Å²) in [6, 6.07) is 14.0. The molecule has 1 aliphatic heterocycles. The summed E-state index contributed by atoms with van der Waals surface area (Å²) >= 11 is 1.60. The number of aromatic nitrogens is 2. The number of rotatable bonds is 8. The van der Waals surface area contributed by atoms with Crippen molar-refractivity contribution in [3.63, 3.8) is 0 Å². The molecule has 35 heavy (non-hydrogen) atoms. The van der Waals surface area contributed by atoms with Gasteiger partial charge in [-0.3, -0.25) is 0 Å². The minimum Gasteiger partial charge on any atom is -0.494 e. The fraction of sp³-hybridized carbons (Fsp3) is 0.333. The number of ether oxygens (including phenoxy) is 1. The average molecular weight is 508 g/mol. The van der Waals surface area contributed by atoms with Crippen LogP contribution in [0.25, 0.3) is 0 Å². The quantitative estimate of drug-likeness (QED) is 0.297. The average Bonchev–Trinajstić information content (AvgIpc) is 2.85. The summed E-state index contributed by atoms with van der Waals surface area (Å²) in [5.74, 6) is 0.391. The zero-order valence-electron chi connectivity index (χ0n) is 19.1. The van der Waals surface area contributed by atoms with E-state index in [2.05, 4.69) is 26.5 Å². The first-order chi connectivity index (χ1) is 16.8. The Morgan fingerprint density at radius 3 is 2.29 bits per heavy atom. The molecule has 6 nitrogen and oxygen atoms in total. The van der Waals surface area contributed by atoms with Gasteiger partial charge >= 0.3 is 6.18 Å². The summed E-state index contributed by atoms with van der Waals surface area (Å²) < 4.78 is 61.4. The Morgan fingerprint density at radius 2 is 1.66 bits per heavy atom. The second-order valence-electron chi connectivity index (χ2n) is 7.90. The van der Waals surface area contributed by atoms with Crippen LogP contribution in [-0.2, 0) is 6.18 Å². The van der Waals surface area contributed by atoms with Crippen molar-refractivity contribution in [2.45, 2.75) is 24.4 Å². The topological polar surface area (TPSA) is 53.5 Å². The molecule has 2 heterocycles. The zero-order chi connectivity index (χ0) is 24.8. The number of alkyl halides is 3. The Morgan fingerprint density at radius 1 is 0.971 bits per heavy atom. The minimum absolute atomic E-state index is 0.00359. The Hall–Kier alpha value is -3.05. The summed E-state index contributed by atoms with van der Waals surface area (Å²) in [7, 11) is 0. The van der Waals surface area contributed by atoms with E-state index in [9.17, 15) is 17.6 Å². The van der Waals surface area contributed by atoms with Gasteiger partial charge in [-0.1, -0.05) is 6.92 Å². The van der Waals surface area contributed by atoms with E-state index in [1.54, 1.807) is 16.8 Å². The minimum atomic E-state index is -4.62. The fourth-order valence-electron chi connectivity index (χ4n) is 3.41. The zero-order valence-corrected chi connectivity index (χ0v) is 19.9. The molecule has 186 valence electrons. The van der Waals surface area contributed by atoms with Crippen LogP contribution in [0.3, 0.4) is 0 Å². The normalized spacial score (nSPS) is 14.7. The Kier molecular flexibility index (Phi) is 7.97. The van der Waals surface area contributed by atoms with Gasteiger partial charge in [0.15, 0.2) is 5.69 Å². The van der Waals surface area contributed by atoms with Crippen LogP contribution in [-0.4, -0.2) is 47.1 Å². The molecule has 2 aromatic carbocycles. The van der Waals surface area contributed by atoms with Crippen LogP contribution in [0.4, 0.5) is 35.0 Å². The third kappa shape index (κ3) is 6.98. The van der Waals surface area contributed by atoms with Crippen molar-refractivity contribution in [2.75, 3.05) is 43.0 Å². The molecule has 0 radical (unpaired) electrons. The molecule has 1 fully saturated rings. The SMILES string of the molecule is CCCOc1ccc(SN2CCN(c3nc(Nc4ccc(F)cc4)cc(C(F)(F)F)n3)CC2)cc1. The van der Waals surface area contributed by atoms with E-state index >= 15 is 0 Å². The van der Waals surface area contributed by atoms with Gasteiger partial charge in [0.25, 0.3) is 0 Å². The predicted octanol–water partition coefficient (Wildman–Crippen LogP) is 6.00. The van der Waals surface area contributed by atoms with Crippen LogP contribution in [0.15, 0.2) is 59.5 Å². The number of benzene rings is 2. The van der Waals surface area contributed by atoms with Gasteiger partial charge in [-0.05, 0) is 66.9 Å². The van der Waals surface area contributed by atoms with Gasteiger partial charge in [0.05, 0.1) is 6.61 Å². The number of nitrogens with zero attached hydrogens (tertiary/aromatic N) is 4. The van der Waals surface area contributed by atoms with Crippen molar-refractivity contribution >= 4 is 29.4 Å². The number of hydrogen-bond donors (Lipinski definition) is 1. The van der Waals surface area contributed by atoms with E-state index in [0.29, 0.717) is 38.5 Å². The molecule has 0 atom stereocenters. The monoisotopic (exact) mass is 507 g/mol. The van der Waals surface area contributed by atoms with E-state index in [-0.39, 0.29) is 11.8 Å². The van der Waals surface area contributed by atoms with Crippen LogP contribution < -0.4 is 15.0 Å². The molecule has 11 heteroatoms. The van der Waals surface area contributed by atoms with Crippen LogP contribution in [0.2, 0.25) is 0 Å². The summed E-state index contributed by atoms with van der Waals surface area (Å²) in [6.07, 6.45) is -3.68. The molecule has 0 spiro atoms. The third-order valence-electron chi connectivity index (χ3n) is 5.17. The number of anilines is 3. The molecular weight excluding hydrogens is 482 g/mol. The van der Waals surface area contributed by atoms with Gasteiger partial charge in [0, 0.05) is 42.8 Å². The molecule has 0 amide bonds. The Labute approximate surface area is 205 Å². The third-order valence-corrected chi connectivity index (χ3v) is 6.28. The largest absolute Gasteiger partial charge is 0.494 e. The maximum absolute atomic E-state index is 13.5. The molecule has 0 bridgehead atoms. The summed E-state index contributed by atoms with van der Waals surface area (Å²) in [5, 5.41) is 2.81. The smallest absolute Gasteiger partial charge is 0.433 e. The van der Waals surface area contributed by atoms with Crippen LogP contribution in [0.1, 0.15) is 19.0 Å². The maximum atomic E-state index is 13.5. The van der Waals surface area contributed by atoms with Gasteiger partial charge in [0.2, 0.25) is 5.95 Å². The van der Waals surface area contributed by atoms with Crippen molar-refractivity contribution in [3.8, 4) is 5.75 Å². The lowest BCUT2D eigenvalue weighted by molar-refractivity contribution is -0.141. The molecule has 4 rings (SSSR count). The van der Waals surface area contributed by atoms with Crippen molar-refractivity contribution < 1.29 is 22.3 Å². The van der Waals surface area contributed by atoms with E-state index in [4.69, 9.17) is 4.74 Å². The molecule has 0 aliphatic carbocycles. The van der Waals surface area contributed by atoms with Crippen LogP contribution in [0, 0.1) is 5.82 Å². The molecule has 1 aliphatic rings. The van der Waals surface area contributed by atoms with Gasteiger partial charge in [-0.2, -0.15) is 18.2 Å². The molecule has 0 unspecified atom stereocenters. The number of hydrogen-bond acceptors (Lipinski definition) is 7. The molecule has 1 N–H and O–H groups in total. The number of piperazine rings is 1. The van der Waals surface area contributed by atoms with Crippen LogP contribution >= 0.6 is 11.9 Å². The van der Waals surface area contributed by atoms with Crippen molar-refractivity contribution in [3.05, 3.63) is 66.1 Å². The Balaban J connectivity index is 1.42. The second kappa shape index (κ2) is 11.1. The van der Waals surface area contributed by atoms with E-state index in [1.807, 2.05) is 24.3 Å². The van der Waals surface area contributed by atoms with Crippen molar-refractivity contribution in [1.29, 1.82) is 0 Å². The van der Waals surface area contributed by atoms with Gasteiger partial charge in [0.1, 0.15) is 17.4 Å². The van der Waals surface area contributed by atoms with Gasteiger partial charge < -0.3 is 15.0 Å². The highest BCUT2D eigenvalue weighted by atomic mass is 32.2. The molecular formula is C24H25F4N5OS. The highest BCUT2D eigenvalue weighted by Gasteiger charge is 2.34. The first-order valence-electron chi connectivity index (χ1n) is 11.2. The lowest BCUT2D eigenvalue weighted by Crippen LogP contribution is -2.44. The highest BCUT2D eigenvalue weighted by Crippen LogP contribution is 2.32. The molecule has 1 aromatic heterocycles. The molecule has 1 saturated heterocycles. The first kappa shape index (κ1) is 25.1. The Bertz CT molecular complexity index is 1100. The van der Waals surface area contributed by atoms with E-state index in [1.165, 1.54) is 24.3 Å². The standard InChI is InChI=1S/C24H25F4N5OS/c1-2-15-34-19-7-9-20(10-8-19)35-33-13-11-32(12-14-33)23-30-21(24(26,27)28)16-22(31-23)29-18-5-3-17(25)4-6-18/h3-10,16H,2,11-15H2,1H3,(H,29,30,31). The summed E-state index contributed by atoms with van der Waals surface area (Å²) in [4.78, 5) is 10.9. The fourth-order valence-corrected chi connectivity index (χ4v) is 4.31. The lowest BCUT2D eigenvalue weighted by Gasteiger charge is -2.34. The number of halogens is 4. The first-order valence-corrected chi connectivity index (χ1v) is 12.0. The van der Waals surface area contributed by atoms with E-state index in [0.717, 1.165) is 23.1 Å². The maximum Gasteiger partial charge on any atom is 0.433 e. The number of nitrogens with one attached hydrogen (secondary N) is 1. The predicted molar refractivity (Wildman–Crippen MR) is 129 cm³/mol. The second-order valence-corrected chi connectivity index (χ2v) is 9.07. The van der Waals surface area contributed by atoms with Crippen molar-refractivity contribution in [2.24, 2.45) is 0 Å². The van der Waals surface area contributed by atoms with Gasteiger partial charge in [-0.15, -0.1) is 0 Å². The van der Waals surface area contributed by atoms with Crippen molar-refractivity contribution in [1.82, 2.24) is 14.3 Å². The summed E-state index contributed by atoms with van der Waals surface area (Å²) in [5.41, 5.74) is -0.606. The summed E-state index contributed by atoms with van der Waals surface area (Å²) in [6.45, 7) is 4.92. The van der Waals surface area contributed by atoms with Crippen LogP contribution in [0.5, 0.6) is 5.75 Å². The molecule has 3 aromatic rings. The lowest BCUT2D eigenvalue weighted by atomic mass is 10.3. The molecule has 0 saturated carbocycles. The highest BCUT2D eigenvalue weighted by molar-refractivity contribution is 7.97. The van der Waals surface area contributed by atoms with Gasteiger partial charge in [-0.25, -0.2) is 13.7 Å². The van der Waals surface area contributed by atoms with E-state index < -0.39 is 17.7 Å².